The van der Waals surface area contributed by atoms with Crippen LogP contribution in [-0.4, -0.2) is 0 Å². The number of hydrogen-bond acceptors (Lipinski definition) is 0. The molecule has 1 aliphatic rings. The van der Waals surface area contributed by atoms with Crippen LogP contribution in [0.3, 0.4) is 0 Å². The summed E-state index contributed by atoms with van der Waals surface area (Å²) in [6.45, 7) is 2.10. The third-order valence-corrected chi connectivity index (χ3v) is 4.84. The highest BCUT2D eigenvalue weighted by atomic mass is 35.5. The van der Waals surface area contributed by atoms with Gasteiger partial charge in [-0.2, -0.15) is 0 Å². The second-order valence-corrected chi connectivity index (χ2v) is 6.02. The Bertz CT molecular complexity index is 869. The largest absolute Gasteiger partial charge is 0.113 e. The third kappa shape index (κ3) is 1.91. The van der Waals surface area contributed by atoms with E-state index in [0.717, 1.165) is 0 Å². The Morgan fingerprint density at radius 3 is 2.43 bits per heavy atom. The van der Waals surface area contributed by atoms with E-state index in [1.807, 2.05) is 0 Å². The summed E-state index contributed by atoms with van der Waals surface area (Å²) in [5.74, 6) is 0. The van der Waals surface area contributed by atoms with Crippen LogP contribution in [0, 0.1) is 0 Å². The first-order chi connectivity index (χ1) is 10.3. The first-order valence-corrected chi connectivity index (χ1v) is 7.62. The van der Waals surface area contributed by atoms with Crippen molar-refractivity contribution in [2.45, 2.75) is 12.3 Å². The van der Waals surface area contributed by atoms with Crippen LogP contribution in [0.15, 0.2) is 66.2 Å². The number of halogens is 1. The summed E-state index contributed by atoms with van der Waals surface area (Å²) in [4.78, 5) is 0. The van der Waals surface area contributed by atoms with Gasteiger partial charge in [0.25, 0.3) is 0 Å². The zero-order valence-electron chi connectivity index (χ0n) is 11.8. The molecular formula is C20H15Cl. The molecule has 0 aromatic heterocycles. The van der Waals surface area contributed by atoms with E-state index in [9.17, 15) is 0 Å². The second kappa shape index (κ2) is 4.75. The molecule has 3 aromatic rings. The molecule has 102 valence electrons. The summed E-state index contributed by atoms with van der Waals surface area (Å²) < 4.78 is 0. The summed E-state index contributed by atoms with van der Waals surface area (Å²) in [5.41, 5.74) is 6.26. The Hall–Kier alpha value is -2.05. The molecule has 0 nitrogen and oxygen atoms in total. The summed E-state index contributed by atoms with van der Waals surface area (Å²) in [5, 5.41) is 2.57. The Morgan fingerprint density at radius 1 is 0.810 bits per heavy atom. The average Bonchev–Trinajstić information content (AvgIpc) is 2.82. The molecule has 21 heavy (non-hydrogen) atoms. The number of hydrogen-bond donors (Lipinski definition) is 0. The van der Waals surface area contributed by atoms with E-state index in [2.05, 4.69) is 73.7 Å². The molecule has 1 unspecified atom stereocenters. The number of rotatable bonds is 1. The van der Waals surface area contributed by atoms with Gasteiger partial charge in [0.05, 0.1) is 5.38 Å². The van der Waals surface area contributed by atoms with Crippen LogP contribution >= 0.6 is 11.6 Å². The molecule has 0 saturated carbocycles. The van der Waals surface area contributed by atoms with Crippen LogP contribution in [0.25, 0.3) is 28.0 Å². The van der Waals surface area contributed by atoms with Crippen molar-refractivity contribution in [2.75, 3.05) is 0 Å². The van der Waals surface area contributed by atoms with Gasteiger partial charge in [-0.3, -0.25) is 0 Å². The standard InChI is InChI=1S/C20H15Cl/c1-13-12-19-17(10-5-11-18(19)20(13)21)16-9-4-7-14-6-2-3-8-15(14)16/h2-12,20H,1H3. The zero-order valence-corrected chi connectivity index (χ0v) is 12.6. The van der Waals surface area contributed by atoms with E-state index in [4.69, 9.17) is 11.6 Å². The quantitative estimate of drug-likeness (QED) is 0.468. The Morgan fingerprint density at radius 2 is 1.52 bits per heavy atom. The lowest BCUT2D eigenvalue weighted by atomic mass is 9.93. The molecule has 0 radical (unpaired) electrons. The molecule has 1 aliphatic carbocycles. The highest BCUT2D eigenvalue weighted by Crippen LogP contribution is 2.44. The van der Waals surface area contributed by atoms with E-state index >= 15 is 0 Å². The topological polar surface area (TPSA) is 0 Å². The van der Waals surface area contributed by atoms with Crippen molar-refractivity contribution in [3.63, 3.8) is 0 Å². The fraction of sp³-hybridized carbons (Fsp3) is 0.100. The highest BCUT2D eigenvalue weighted by molar-refractivity contribution is 6.24. The van der Waals surface area contributed by atoms with Gasteiger partial charge in [0.15, 0.2) is 0 Å². The van der Waals surface area contributed by atoms with Gasteiger partial charge in [0.2, 0.25) is 0 Å². The number of allylic oxidation sites excluding steroid dienone is 1. The van der Waals surface area contributed by atoms with Gasteiger partial charge in [-0.15, -0.1) is 11.6 Å². The van der Waals surface area contributed by atoms with Crippen LogP contribution in [-0.2, 0) is 0 Å². The fourth-order valence-electron chi connectivity index (χ4n) is 3.21. The van der Waals surface area contributed by atoms with Crippen molar-refractivity contribution >= 4 is 28.4 Å². The van der Waals surface area contributed by atoms with Crippen molar-refractivity contribution in [3.8, 4) is 11.1 Å². The first kappa shape index (κ1) is 12.7. The van der Waals surface area contributed by atoms with Gasteiger partial charge in [-0.05, 0) is 39.9 Å². The molecule has 0 bridgehead atoms. The van der Waals surface area contributed by atoms with Gasteiger partial charge in [-0.25, -0.2) is 0 Å². The lowest BCUT2D eigenvalue weighted by Crippen LogP contribution is -1.90. The maximum absolute atomic E-state index is 6.50. The second-order valence-electron chi connectivity index (χ2n) is 5.59. The van der Waals surface area contributed by atoms with E-state index in [-0.39, 0.29) is 5.38 Å². The molecule has 0 amide bonds. The summed E-state index contributed by atoms with van der Waals surface area (Å²) >= 11 is 6.50. The molecule has 0 saturated heterocycles. The van der Waals surface area contributed by atoms with E-state index < -0.39 is 0 Å². The number of fused-ring (bicyclic) bond motifs is 2. The summed E-state index contributed by atoms with van der Waals surface area (Å²) in [7, 11) is 0. The molecule has 0 aliphatic heterocycles. The molecule has 1 atom stereocenters. The van der Waals surface area contributed by atoms with Gasteiger partial charge in [-0.1, -0.05) is 72.3 Å². The van der Waals surface area contributed by atoms with Gasteiger partial charge in [0.1, 0.15) is 0 Å². The predicted molar refractivity (Wildman–Crippen MR) is 91.6 cm³/mol. The van der Waals surface area contributed by atoms with Crippen LogP contribution in [0.2, 0.25) is 0 Å². The molecule has 4 rings (SSSR count). The van der Waals surface area contributed by atoms with E-state index in [0.29, 0.717) is 0 Å². The van der Waals surface area contributed by atoms with Crippen molar-refractivity contribution in [1.82, 2.24) is 0 Å². The number of benzene rings is 3. The maximum Gasteiger partial charge on any atom is 0.0802 e. The van der Waals surface area contributed by atoms with Gasteiger partial charge >= 0.3 is 0 Å². The fourth-order valence-corrected chi connectivity index (χ4v) is 3.46. The summed E-state index contributed by atoms with van der Waals surface area (Å²) in [6.07, 6.45) is 2.23. The third-order valence-electron chi connectivity index (χ3n) is 4.26. The van der Waals surface area contributed by atoms with Crippen LogP contribution in [0.4, 0.5) is 0 Å². The minimum atomic E-state index is 0.00919. The molecule has 0 spiro atoms. The van der Waals surface area contributed by atoms with Gasteiger partial charge in [0, 0.05) is 0 Å². The van der Waals surface area contributed by atoms with Crippen LogP contribution in [0.5, 0.6) is 0 Å². The van der Waals surface area contributed by atoms with Crippen molar-refractivity contribution in [1.29, 1.82) is 0 Å². The monoisotopic (exact) mass is 290 g/mol. The Kier molecular flexibility index (Phi) is 2.87. The number of alkyl halides is 1. The maximum atomic E-state index is 6.50. The lowest BCUT2D eigenvalue weighted by molar-refractivity contribution is 1.14. The molecule has 0 heterocycles. The highest BCUT2D eigenvalue weighted by Gasteiger charge is 2.22. The smallest absolute Gasteiger partial charge is 0.0802 e. The Balaban J connectivity index is 2.04. The van der Waals surface area contributed by atoms with Crippen LogP contribution < -0.4 is 0 Å². The molecule has 0 fully saturated rings. The normalized spacial score (nSPS) is 16.9. The van der Waals surface area contributed by atoms with E-state index in [1.54, 1.807) is 0 Å². The lowest BCUT2D eigenvalue weighted by Gasteiger charge is -2.12. The van der Waals surface area contributed by atoms with Gasteiger partial charge < -0.3 is 0 Å². The van der Waals surface area contributed by atoms with Crippen molar-refractivity contribution in [3.05, 3.63) is 77.4 Å². The minimum absolute atomic E-state index is 0.00919. The minimum Gasteiger partial charge on any atom is -0.113 e. The van der Waals surface area contributed by atoms with Crippen molar-refractivity contribution < 1.29 is 0 Å². The zero-order chi connectivity index (χ0) is 14.4. The first-order valence-electron chi connectivity index (χ1n) is 7.19. The Labute approximate surface area is 129 Å². The molecule has 1 heteroatoms. The average molecular weight is 291 g/mol. The predicted octanol–water partition coefficient (Wildman–Crippen LogP) is 6.20. The molecular weight excluding hydrogens is 276 g/mol. The van der Waals surface area contributed by atoms with Crippen LogP contribution in [0.1, 0.15) is 23.4 Å². The van der Waals surface area contributed by atoms with Crippen molar-refractivity contribution in [2.24, 2.45) is 0 Å². The molecule has 0 N–H and O–H groups in total. The van der Waals surface area contributed by atoms with E-state index in [1.165, 1.54) is 38.6 Å². The summed E-state index contributed by atoms with van der Waals surface area (Å²) in [6, 6.07) is 21.4. The SMILES string of the molecule is CC1=Cc2c(-c3cccc4ccccc34)cccc2C1Cl. The molecule has 3 aromatic carbocycles.